The molecule has 2 aromatic carbocycles. The molecule has 0 aliphatic rings. The van der Waals surface area contributed by atoms with Crippen LogP contribution >= 0.6 is 0 Å². The molecule has 0 aliphatic carbocycles. The minimum Gasteiger partial charge on any atom is -0.504 e. The van der Waals surface area contributed by atoms with Gasteiger partial charge >= 0.3 is 0 Å². The van der Waals surface area contributed by atoms with E-state index < -0.39 is 0 Å². The maximum absolute atomic E-state index is 10.1. The summed E-state index contributed by atoms with van der Waals surface area (Å²) in [6.45, 7) is 10.3. The number of rotatable bonds is 7. The fourth-order valence-electron chi connectivity index (χ4n) is 3.02. The van der Waals surface area contributed by atoms with E-state index in [1.165, 1.54) is 12.7 Å². The standard InChI is InChI=1S/C24H27N3O2.C2H6/c1-5-17(2)24(26-20-9-7-6-8-10-20)27-14-13-25-23(27)15-18(3)19-11-12-22(29-4)21(28)16-19;1-2/h6-16,26,28H,5H2,1-4H3;1-2H3/b18-15+,24-17-;. The van der Waals surface area contributed by atoms with Crippen molar-refractivity contribution in [1.82, 2.24) is 9.55 Å². The number of nitrogens with zero attached hydrogens (tertiary/aromatic N) is 2. The smallest absolute Gasteiger partial charge is 0.160 e. The summed E-state index contributed by atoms with van der Waals surface area (Å²) in [5.41, 5.74) is 4.15. The van der Waals surface area contributed by atoms with Crippen molar-refractivity contribution in [2.75, 3.05) is 12.4 Å². The number of methoxy groups -OCH3 is 1. The zero-order valence-electron chi connectivity index (χ0n) is 19.3. The minimum atomic E-state index is 0.120. The van der Waals surface area contributed by atoms with Gasteiger partial charge in [-0.2, -0.15) is 0 Å². The first-order valence-electron chi connectivity index (χ1n) is 10.6. The van der Waals surface area contributed by atoms with Crippen molar-refractivity contribution in [2.45, 2.75) is 41.0 Å². The van der Waals surface area contributed by atoms with E-state index >= 15 is 0 Å². The lowest BCUT2D eigenvalue weighted by Gasteiger charge is -2.17. The van der Waals surface area contributed by atoms with Gasteiger partial charge in [-0.1, -0.05) is 45.0 Å². The Morgan fingerprint density at radius 1 is 1.13 bits per heavy atom. The van der Waals surface area contributed by atoms with Gasteiger partial charge in [-0.3, -0.25) is 4.57 Å². The van der Waals surface area contributed by atoms with Crippen LogP contribution in [0.3, 0.4) is 0 Å². The van der Waals surface area contributed by atoms with Gasteiger partial charge in [-0.05, 0) is 67.3 Å². The second-order valence-electron chi connectivity index (χ2n) is 6.84. The Balaban J connectivity index is 0.00000166. The van der Waals surface area contributed by atoms with E-state index in [4.69, 9.17) is 4.74 Å². The Bertz CT molecular complexity index is 1030. The quantitative estimate of drug-likeness (QED) is 0.437. The summed E-state index contributed by atoms with van der Waals surface area (Å²) in [4.78, 5) is 4.54. The predicted molar refractivity (Wildman–Crippen MR) is 131 cm³/mol. The topological polar surface area (TPSA) is 59.3 Å². The van der Waals surface area contributed by atoms with Crippen molar-refractivity contribution in [3.63, 3.8) is 0 Å². The molecule has 1 aromatic heterocycles. The van der Waals surface area contributed by atoms with Crippen LogP contribution in [-0.4, -0.2) is 21.8 Å². The third-order valence-electron chi connectivity index (χ3n) is 4.86. The molecule has 0 spiro atoms. The third kappa shape index (κ3) is 6.01. The maximum Gasteiger partial charge on any atom is 0.160 e. The molecule has 164 valence electrons. The first-order valence-corrected chi connectivity index (χ1v) is 10.6. The van der Waals surface area contributed by atoms with Crippen molar-refractivity contribution in [1.29, 1.82) is 0 Å². The molecule has 0 saturated heterocycles. The second kappa shape index (κ2) is 11.6. The van der Waals surface area contributed by atoms with E-state index in [9.17, 15) is 5.11 Å². The Labute approximate surface area is 185 Å². The zero-order chi connectivity index (χ0) is 22.8. The van der Waals surface area contributed by atoms with Gasteiger partial charge in [-0.25, -0.2) is 4.98 Å². The highest BCUT2D eigenvalue weighted by Gasteiger charge is 2.11. The summed E-state index contributed by atoms with van der Waals surface area (Å²) in [6, 6.07) is 15.5. The van der Waals surface area contributed by atoms with Gasteiger partial charge in [0.15, 0.2) is 11.5 Å². The number of aromatic hydroxyl groups is 1. The van der Waals surface area contributed by atoms with Crippen molar-refractivity contribution in [3.8, 4) is 11.5 Å². The molecular formula is C26H33N3O2. The van der Waals surface area contributed by atoms with E-state index in [1.807, 2.05) is 69.4 Å². The number of benzene rings is 2. The SMILES string of the molecule is CC.CC/C(C)=C(/Nc1ccccc1)n1ccnc1/C=C(\C)c1ccc(OC)c(O)c1. The molecule has 0 bridgehead atoms. The third-order valence-corrected chi connectivity index (χ3v) is 4.86. The van der Waals surface area contributed by atoms with Crippen molar-refractivity contribution < 1.29 is 9.84 Å². The van der Waals surface area contributed by atoms with Crippen LogP contribution in [0.25, 0.3) is 17.5 Å². The normalized spacial score (nSPS) is 11.9. The molecule has 0 fully saturated rings. The summed E-state index contributed by atoms with van der Waals surface area (Å²) in [5, 5.41) is 13.6. The summed E-state index contributed by atoms with van der Waals surface area (Å²) >= 11 is 0. The van der Waals surface area contributed by atoms with Gasteiger partial charge in [0.1, 0.15) is 11.6 Å². The number of hydrogen-bond acceptors (Lipinski definition) is 4. The average molecular weight is 420 g/mol. The monoisotopic (exact) mass is 419 g/mol. The fourth-order valence-corrected chi connectivity index (χ4v) is 3.02. The Hall–Kier alpha value is -3.47. The molecule has 0 amide bonds. The first kappa shape index (κ1) is 23.8. The molecule has 0 unspecified atom stereocenters. The van der Waals surface area contributed by atoms with E-state index in [-0.39, 0.29) is 5.75 Å². The number of nitrogens with one attached hydrogen (secondary N) is 1. The summed E-state index contributed by atoms with van der Waals surface area (Å²) in [6.07, 6.45) is 6.67. The number of phenols is 1. The molecule has 2 N–H and O–H groups in total. The van der Waals surface area contributed by atoms with Crippen LogP contribution in [0.4, 0.5) is 5.69 Å². The van der Waals surface area contributed by atoms with E-state index in [0.717, 1.165) is 34.9 Å². The minimum absolute atomic E-state index is 0.120. The van der Waals surface area contributed by atoms with E-state index in [2.05, 4.69) is 28.7 Å². The molecule has 31 heavy (non-hydrogen) atoms. The highest BCUT2D eigenvalue weighted by molar-refractivity contribution is 5.81. The molecule has 3 aromatic rings. The van der Waals surface area contributed by atoms with Gasteiger partial charge in [0.25, 0.3) is 0 Å². The van der Waals surface area contributed by atoms with Crippen LogP contribution in [0, 0.1) is 0 Å². The fraction of sp³-hybridized carbons (Fsp3) is 0.269. The Kier molecular flexibility index (Phi) is 8.94. The lowest BCUT2D eigenvalue weighted by molar-refractivity contribution is 0.373. The summed E-state index contributed by atoms with van der Waals surface area (Å²) in [7, 11) is 1.54. The number of allylic oxidation sites excluding steroid dienone is 2. The van der Waals surface area contributed by atoms with Gasteiger partial charge in [0, 0.05) is 18.1 Å². The number of aromatic nitrogens is 2. The molecule has 0 aliphatic heterocycles. The van der Waals surface area contributed by atoms with Crippen LogP contribution in [-0.2, 0) is 0 Å². The van der Waals surface area contributed by atoms with Gasteiger partial charge < -0.3 is 15.2 Å². The number of hydrogen-bond donors (Lipinski definition) is 2. The van der Waals surface area contributed by atoms with Gasteiger partial charge in [-0.15, -0.1) is 0 Å². The lowest BCUT2D eigenvalue weighted by atomic mass is 10.1. The lowest BCUT2D eigenvalue weighted by Crippen LogP contribution is -2.10. The Morgan fingerprint density at radius 3 is 2.45 bits per heavy atom. The largest absolute Gasteiger partial charge is 0.504 e. The number of ether oxygens (including phenoxy) is 1. The van der Waals surface area contributed by atoms with Crippen LogP contribution in [0.5, 0.6) is 11.5 Å². The average Bonchev–Trinajstić information content (AvgIpc) is 3.26. The number of imidazole rings is 1. The first-order chi connectivity index (χ1) is 15.0. The van der Waals surface area contributed by atoms with Gasteiger partial charge in [0.2, 0.25) is 0 Å². The molecule has 0 radical (unpaired) electrons. The van der Waals surface area contributed by atoms with E-state index in [1.54, 1.807) is 18.3 Å². The van der Waals surface area contributed by atoms with E-state index in [0.29, 0.717) is 5.75 Å². The molecule has 3 rings (SSSR count). The van der Waals surface area contributed by atoms with Crippen LogP contribution in [0.2, 0.25) is 0 Å². The number of para-hydroxylation sites is 1. The molecule has 5 heteroatoms. The zero-order valence-corrected chi connectivity index (χ0v) is 19.3. The Morgan fingerprint density at radius 2 is 1.84 bits per heavy atom. The van der Waals surface area contributed by atoms with Crippen molar-refractivity contribution in [2.24, 2.45) is 0 Å². The molecule has 5 nitrogen and oxygen atoms in total. The maximum atomic E-state index is 10.1. The van der Waals surface area contributed by atoms with Crippen molar-refractivity contribution >= 4 is 23.2 Å². The highest BCUT2D eigenvalue weighted by atomic mass is 16.5. The molecule has 1 heterocycles. The highest BCUT2D eigenvalue weighted by Crippen LogP contribution is 2.30. The molecule has 0 saturated carbocycles. The second-order valence-corrected chi connectivity index (χ2v) is 6.84. The van der Waals surface area contributed by atoms with Crippen molar-refractivity contribution in [3.05, 3.63) is 77.9 Å². The van der Waals surface area contributed by atoms with Gasteiger partial charge in [0.05, 0.1) is 7.11 Å². The molecule has 0 atom stereocenters. The van der Waals surface area contributed by atoms with Crippen LogP contribution < -0.4 is 10.1 Å². The molecular weight excluding hydrogens is 386 g/mol. The summed E-state index contributed by atoms with van der Waals surface area (Å²) in [5.74, 6) is 2.38. The number of anilines is 1. The number of phenolic OH excluding ortho intramolecular Hbond substituents is 1. The van der Waals surface area contributed by atoms with Crippen LogP contribution in [0.1, 0.15) is 52.4 Å². The van der Waals surface area contributed by atoms with Crippen LogP contribution in [0.15, 0.2) is 66.5 Å². The predicted octanol–water partition coefficient (Wildman–Crippen LogP) is 6.89. The summed E-state index contributed by atoms with van der Waals surface area (Å²) < 4.78 is 7.19.